The topological polar surface area (TPSA) is 161 Å². The highest BCUT2D eigenvalue weighted by molar-refractivity contribution is 7.99. The van der Waals surface area contributed by atoms with E-state index in [0.717, 1.165) is 12.8 Å². The fourth-order valence-corrected chi connectivity index (χ4v) is 4.99. The number of aromatic nitrogens is 3. The second-order valence-corrected chi connectivity index (χ2v) is 10.7. The molecule has 0 unspecified atom stereocenters. The number of hydrogen-bond acceptors (Lipinski definition) is 9. The Balaban J connectivity index is 1.36. The monoisotopic (exact) mass is 558 g/mol. The van der Waals surface area contributed by atoms with Crippen LogP contribution in [0.1, 0.15) is 25.5 Å². The van der Waals surface area contributed by atoms with E-state index in [-0.39, 0.29) is 16.6 Å². The number of urea groups is 1. The van der Waals surface area contributed by atoms with Crippen LogP contribution in [0.25, 0.3) is 11.6 Å². The number of furan rings is 2. The minimum atomic E-state index is -4.04. The SMILES string of the molecule is CCCCNC(=O)NS(=O)(=O)c1ccc(NC(=O)CSc2nnc(-c3ccco3)n2Cc2ccco2)cc1. The predicted molar refractivity (Wildman–Crippen MR) is 140 cm³/mol. The molecule has 0 aliphatic rings. The van der Waals surface area contributed by atoms with E-state index in [4.69, 9.17) is 8.83 Å². The largest absolute Gasteiger partial charge is 0.467 e. The molecule has 4 rings (SSSR count). The Hall–Kier alpha value is -4.04. The summed E-state index contributed by atoms with van der Waals surface area (Å²) < 4.78 is 39.5. The van der Waals surface area contributed by atoms with E-state index in [9.17, 15) is 18.0 Å². The second-order valence-electron chi connectivity index (χ2n) is 8.03. The molecule has 0 aliphatic carbocycles. The van der Waals surface area contributed by atoms with Crippen LogP contribution >= 0.6 is 11.8 Å². The van der Waals surface area contributed by atoms with Gasteiger partial charge in [-0.2, -0.15) is 0 Å². The van der Waals surface area contributed by atoms with Crippen LogP contribution in [0.3, 0.4) is 0 Å². The lowest BCUT2D eigenvalue weighted by atomic mass is 10.3. The quantitative estimate of drug-likeness (QED) is 0.174. The van der Waals surface area contributed by atoms with Crippen LogP contribution < -0.4 is 15.4 Å². The average Bonchev–Trinajstić information content (AvgIpc) is 3.66. The van der Waals surface area contributed by atoms with E-state index in [2.05, 4.69) is 20.8 Å². The number of carbonyl (C=O) groups excluding carboxylic acids is 2. The number of sulfonamides is 1. The summed E-state index contributed by atoms with van der Waals surface area (Å²) in [6, 6.07) is 11.8. The zero-order valence-electron chi connectivity index (χ0n) is 20.4. The van der Waals surface area contributed by atoms with E-state index < -0.39 is 16.1 Å². The first-order valence-corrected chi connectivity index (χ1v) is 14.2. The summed E-state index contributed by atoms with van der Waals surface area (Å²) in [4.78, 5) is 24.3. The van der Waals surface area contributed by atoms with Gasteiger partial charge in [-0.25, -0.2) is 17.9 Å². The Morgan fingerprint density at radius 1 is 1.03 bits per heavy atom. The van der Waals surface area contributed by atoms with Crippen molar-refractivity contribution >= 4 is 39.4 Å². The summed E-state index contributed by atoms with van der Waals surface area (Å²) in [5, 5.41) is 14.1. The van der Waals surface area contributed by atoms with Gasteiger partial charge in [-0.05, 0) is 55.0 Å². The van der Waals surface area contributed by atoms with Crippen LogP contribution in [-0.2, 0) is 21.4 Å². The van der Waals surface area contributed by atoms with E-state index in [1.807, 2.05) is 17.7 Å². The van der Waals surface area contributed by atoms with Crippen molar-refractivity contribution in [3.63, 3.8) is 0 Å². The normalized spacial score (nSPS) is 11.3. The Bertz CT molecular complexity index is 1450. The van der Waals surface area contributed by atoms with E-state index in [0.29, 0.717) is 41.3 Å². The number of unbranched alkanes of at least 4 members (excludes halogenated alkanes) is 1. The number of amides is 3. The van der Waals surface area contributed by atoms with Gasteiger partial charge in [-0.3, -0.25) is 9.36 Å². The summed E-state index contributed by atoms with van der Waals surface area (Å²) in [7, 11) is -4.04. The molecular weight excluding hydrogens is 532 g/mol. The van der Waals surface area contributed by atoms with Gasteiger partial charge in [-0.1, -0.05) is 25.1 Å². The van der Waals surface area contributed by atoms with Crippen LogP contribution in [0.5, 0.6) is 0 Å². The molecule has 0 bridgehead atoms. The second kappa shape index (κ2) is 12.5. The van der Waals surface area contributed by atoms with Crippen molar-refractivity contribution < 1.29 is 26.8 Å². The van der Waals surface area contributed by atoms with Crippen molar-refractivity contribution in [3.8, 4) is 11.6 Å². The van der Waals surface area contributed by atoms with Crippen molar-refractivity contribution in [3.05, 3.63) is 66.8 Å². The molecule has 38 heavy (non-hydrogen) atoms. The lowest BCUT2D eigenvalue weighted by Gasteiger charge is -2.10. The number of thioether (sulfide) groups is 1. The molecule has 0 saturated heterocycles. The minimum Gasteiger partial charge on any atom is -0.467 e. The van der Waals surface area contributed by atoms with Crippen LogP contribution in [0.15, 0.2) is 79.9 Å². The summed E-state index contributed by atoms with van der Waals surface area (Å²) >= 11 is 1.18. The van der Waals surface area contributed by atoms with Gasteiger partial charge >= 0.3 is 6.03 Å². The molecule has 3 amide bonds. The predicted octanol–water partition coefficient (Wildman–Crippen LogP) is 3.70. The van der Waals surface area contributed by atoms with Crippen molar-refractivity contribution in [2.45, 2.75) is 36.4 Å². The first-order valence-electron chi connectivity index (χ1n) is 11.7. The third-order valence-corrected chi connectivity index (χ3v) is 7.49. The Kier molecular flexibility index (Phi) is 8.86. The zero-order chi connectivity index (χ0) is 27.0. The van der Waals surface area contributed by atoms with Gasteiger partial charge in [0.2, 0.25) is 11.7 Å². The van der Waals surface area contributed by atoms with Gasteiger partial charge in [0.1, 0.15) is 5.76 Å². The van der Waals surface area contributed by atoms with Crippen molar-refractivity contribution in [1.82, 2.24) is 24.8 Å². The first-order chi connectivity index (χ1) is 18.4. The fourth-order valence-electron chi connectivity index (χ4n) is 3.32. The maximum absolute atomic E-state index is 12.6. The zero-order valence-corrected chi connectivity index (χ0v) is 22.0. The van der Waals surface area contributed by atoms with Gasteiger partial charge in [-0.15, -0.1) is 10.2 Å². The van der Waals surface area contributed by atoms with Gasteiger partial charge in [0, 0.05) is 12.2 Å². The smallest absolute Gasteiger partial charge is 0.328 e. The molecule has 3 aromatic heterocycles. The third kappa shape index (κ3) is 7.04. The highest BCUT2D eigenvalue weighted by atomic mass is 32.2. The molecular formula is C24H26N6O6S2. The van der Waals surface area contributed by atoms with Crippen LogP contribution in [0, 0.1) is 0 Å². The molecule has 200 valence electrons. The molecule has 0 fully saturated rings. The summed E-state index contributed by atoms with van der Waals surface area (Å²) in [6.07, 6.45) is 4.72. The molecule has 0 saturated carbocycles. The van der Waals surface area contributed by atoms with E-state index >= 15 is 0 Å². The maximum Gasteiger partial charge on any atom is 0.328 e. The minimum absolute atomic E-state index is 0.0218. The number of rotatable bonds is 12. The summed E-state index contributed by atoms with van der Waals surface area (Å²) in [5.41, 5.74) is 0.398. The standard InChI is InChI=1S/C24H26N6O6S2/c1-2-3-12-25-23(32)29-38(33,34)19-10-8-17(9-11-19)26-21(31)16-37-24-28-27-22(20-7-5-14-36-20)30(24)15-18-6-4-13-35-18/h4-11,13-14H,2-3,12,15-16H2,1H3,(H,26,31)(H2,25,29,32). The van der Waals surface area contributed by atoms with Crippen molar-refractivity contribution in [2.24, 2.45) is 0 Å². The third-order valence-electron chi connectivity index (χ3n) is 5.18. The molecule has 3 heterocycles. The van der Waals surface area contributed by atoms with Gasteiger partial charge in [0.05, 0.1) is 29.7 Å². The number of carbonyl (C=O) groups is 2. The number of benzene rings is 1. The summed E-state index contributed by atoms with van der Waals surface area (Å²) in [6.45, 7) is 2.69. The Morgan fingerprint density at radius 2 is 1.79 bits per heavy atom. The van der Waals surface area contributed by atoms with Crippen LogP contribution in [0.4, 0.5) is 10.5 Å². The van der Waals surface area contributed by atoms with Gasteiger partial charge in [0.25, 0.3) is 10.0 Å². The maximum atomic E-state index is 12.6. The van der Waals surface area contributed by atoms with Crippen molar-refractivity contribution in [2.75, 3.05) is 17.6 Å². The highest BCUT2D eigenvalue weighted by Gasteiger charge is 2.20. The van der Waals surface area contributed by atoms with Crippen molar-refractivity contribution in [1.29, 1.82) is 0 Å². The first kappa shape index (κ1) is 27.0. The molecule has 0 aliphatic heterocycles. The molecule has 0 atom stereocenters. The summed E-state index contributed by atoms with van der Waals surface area (Å²) in [5.74, 6) is 1.41. The molecule has 3 N–H and O–H groups in total. The van der Waals surface area contributed by atoms with Gasteiger partial charge < -0.3 is 19.5 Å². The molecule has 1 aromatic carbocycles. The fraction of sp³-hybridized carbons (Fsp3) is 0.250. The lowest BCUT2D eigenvalue weighted by Crippen LogP contribution is -2.39. The number of anilines is 1. The Morgan fingerprint density at radius 3 is 2.47 bits per heavy atom. The molecule has 0 radical (unpaired) electrons. The van der Waals surface area contributed by atoms with E-state index in [1.54, 1.807) is 29.0 Å². The van der Waals surface area contributed by atoms with E-state index in [1.165, 1.54) is 42.3 Å². The van der Waals surface area contributed by atoms with Crippen LogP contribution in [0.2, 0.25) is 0 Å². The molecule has 4 aromatic rings. The highest BCUT2D eigenvalue weighted by Crippen LogP contribution is 2.26. The molecule has 12 nitrogen and oxygen atoms in total. The molecule has 0 spiro atoms. The average molecular weight is 559 g/mol. The molecule has 14 heteroatoms. The number of hydrogen-bond donors (Lipinski definition) is 3. The lowest BCUT2D eigenvalue weighted by molar-refractivity contribution is -0.113. The Labute approximate surface area is 223 Å². The van der Waals surface area contributed by atoms with Gasteiger partial charge in [0.15, 0.2) is 10.9 Å². The van der Waals surface area contributed by atoms with Crippen LogP contribution in [-0.4, -0.2) is 47.4 Å². The number of nitrogens with one attached hydrogen (secondary N) is 3. The number of nitrogens with zero attached hydrogens (tertiary/aromatic N) is 3.